The largest absolute Gasteiger partial charge is 0.472 e. The van der Waals surface area contributed by atoms with Crippen LogP contribution < -0.4 is 15.4 Å². The van der Waals surface area contributed by atoms with E-state index in [2.05, 4.69) is 4.98 Å². The molecule has 1 aliphatic heterocycles. The quantitative estimate of drug-likeness (QED) is 0.650. The van der Waals surface area contributed by atoms with Crippen LogP contribution in [0.15, 0.2) is 66.9 Å². The van der Waals surface area contributed by atoms with Crippen molar-refractivity contribution >= 4 is 11.6 Å². The molecule has 3 aromatic rings. The van der Waals surface area contributed by atoms with E-state index in [-0.39, 0.29) is 12.0 Å². The minimum atomic E-state index is -4.44. The summed E-state index contributed by atoms with van der Waals surface area (Å²) in [6.07, 6.45) is -3.32. The highest BCUT2D eigenvalue weighted by atomic mass is 19.4. The van der Waals surface area contributed by atoms with E-state index in [1.807, 2.05) is 47.4 Å². The van der Waals surface area contributed by atoms with Crippen molar-refractivity contribution in [3.05, 3.63) is 78.0 Å². The Labute approximate surface area is 177 Å². The van der Waals surface area contributed by atoms with E-state index in [0.29, 0.717) is 30.8 Å². The van der Waals surface area contributed by atoms with Gasteiger partial charge in [-0.05, 0) is 29.3 Å². The van der Waals surface area contributed by atoms with Crippen LogP contribution in [0.5, 0.6) is 5.88 Å². The monoisotopic (exact) mass is 427 g/mol. The summed E-state index contributed by atoms with van der Waals surface area (Å²) in [5.41, 5.74) is 7.84. The zero-order valence-corrected chi connectivity index (χ0v) is 16.5. The van der Waals surface area contributed by atoms with Gasteiger partial charge >= 0.3 is 6.18 Å². The fourth-order valence-corrected chi connectivity index (χ4v) is 3.64. The molecule has 0 bridgehead atoms. The molecule has 2 heterocycles. The second-order valence-corrected chi connectivity index (χ2v) is 7.32. The van der Waals surface area contributed by atoms with E-state index in [4.69, 9.17) is 10.5 Å². The highest BCUT2D eigenvalue weighted by molar-refractivity contribution is 5.99. The standard InChI is InChI=1S/C23H20F3N3O2/c24-23(25,26)17-7-9-21(28-13-17)31-18-10-11-29(14-18)20-12-16(6-8-19(20)22(27)30)15-4-2-1-3-5-15/h1-9,12-13,18H,10-11,14H2,(H2,27,30)/t18-/m0/s1. The van der Waals surface area contributed by atoms with Gasteiger partial charge in [0.1, 0.15) is 6.10 Å². The third kappa shape index (κ3) is 4.63. The van der Waals surface area contributed by atoms with Gasteiger partial charge in [0.05, 0.1) is 23.4 Å². The number of halogens is 3. The van der Waals surface area contributed by atoms with Crippen molar-refractivity contribution in [2.45, 2.75) is 18.7 Å². The predicted octanol–water partition coefficient (Wildman–Crippen LogP) is 4.52. The number of ether oxygens (including phenoxy) is 1. The summed E-state index contributed by atoms with van der Waals surface area (Å²) in [7, 11) is 0. The van der Waals surface area contributed by atoms with Crippen molar-refractivity contribution in [3.63, 3.8) is 0 Å². The zero-order valence-electron chi connectivity index (χ0n) is 16.5. The van der Waals surface area contributed by atoms with Crippen LogP contribution in [0.2, 0.25) is 0 Å². The summed E-state index contributed by atoms with van der Waals surface area (Å²) < 4.78 is 43.9. The molecule has 1 aromatic heterocycles. The summed E-state index contributed by atoms with van der Waals surface area (Å²) >= 11 is 0. The first-order valence-electron chi connectivity index (χ1n) is 9.75. The molecule has 31 heavy (non-hydrogen) atoms. The van der Waals surface area contributed by atoms with E-state index in [1.165, 1.54) is 6.07 Å². The molecule has 1 atom stereocenters. The second-order valence-electron chi connectivity index (χ2n) is 7.32. The summed E-state index contributed by atoms with van der Waals surface area (Å²) in [4.78, 5) is 17.7. The zero-order chi connectivity index (χ0) is 22.0. The lowest BCUT2D eigenvalue weighted by molar-refractivity contribution is -0.137. The molecule has 0 spiro atoms. The summed E-state index contributed by atoms with van der Waals surface area (Å²) in [5.74, 6) is -0.392. The lowest BCUT2D eigenvalue weighted by Gasteiger charge is -2.22. The Morgan fingerprint density at radius 2 is 1.84 bits per heavy atom. The van der Waals surface area contributed by atoms with Crippen molar-refractivity contribution in [2.24, 2.45) is 5.73 Å². The number of primary amides is 1. The SMILES string of the molecule is NC(=O)c1ccc(-c2ccccc2)cc1N1CC[C@H](Oc2ccc(C(F)(F)F)cn2)C1. The Hall–Kier alpha value is -3.55. The molecule has 4 rings (SSSR count). The lowest BCUT2D eigenvalue weighted by atomic mass is 10.0. The van der Waals surface area contributed by atoms with Gasteiger partial charge in [-0.15, -0.1) is 0 Å². The number of benzene rings is 2. The van der Waals surface area contributed by atoms with Crippen LogP contribution in [0.1, 0.15) is 22.3 Å². The Bertz CT molecular complexity index is 1070. The average Bonchev–Trinajstić information content (AvgIpc) is 3.22. The molecule has 1 aliphatic rings. The molecule has 1 amide bonds. The molecular weight excluding hydrogens is 407 g/mol. The van der Waals surface area contributed by atoms with Crippen molar-refractivity contribution in [1.82, 2.24) is 4.98 Å². The maximum Gasteiger partial charge on any atom is 0.417 e. The Kier molecular flexibility index (Phi) is 5.54. The molecule has 1 fully saturated rings. The fourth-order valence-electron chi connectivity index (χ4n) is 3.64. The molecule has 0 radical (unpaired) electrons. The maximum absolute atomic E-state index is 12.7. The van der Waals surface area contributed by atoms with Gasteiger partial charge in [-0.25, -0.2) is 4.98 Å². The first kappa shape index (κ1) is 20.7. The number of nitrogens with zero attached hydrogens (tertiary/aromatic N) is 2. The third-order valence-electron chi connectivity index (χ3n) is 5.21. The minimum Gasteiger partial charge on any atom is -0.472 e. The van der Waals surface area contributed by atoms with Gasteiger partial charge in [-0.2, -0.15) is 13.2 Å². The number of anilines is 1. The van der Waals surface area contributed by atoms with Gasteiger partial charge in [0, 0.05) is 25.2 Å². The van der Waals surface area contributed by atoms with Crippen LogP contribution >= 0.6 is 0 Å². The Morgan fingerprint density at radius 3 is 2.48 bits per heavy atom. The Balaban J connectivity index is 1.52. The number of pyridine rings is 1. The maximum atomic E-state index is 12.7. The molecular formula is C23H20F3N3O2. The summed E-state index contributed by atoms with van der Waals surface area (Å²) in [6, 6.07) is 17.4. The molecule has 1 saturated heterocycles. The normalized spacial score (nSPS) is 16.4. The molecule has 0 unspecified atom stereocenters. The molecule has 160 valence electrons. The van der Waals surface area contributed by atoms with Crippen molar-refractivity contribution < 1.29 is 22.7 Å². The number of amides is 1. The number of carbonyl (C=O) groups excluding carboxylic acids is 1. The van der Waals surface area contributed by atoms with Gasteiger partial charge in [-0.3, -0.25) is 4.79 Å². The van der Waals surface area contributed by atoms with E-state index in [9.17, 15) is 18.0 Å². The number of alkyl halides is 3. The van der Waals surface area contributed by atoms with Gasteiger partial charge in [0.25, 0.3) is 5.91 Å². The smallest absolute Gasteiger partial charge is 0.417 e. The molecule has 0 aliphatic carbocycles. The molecule has 2 aromatic carbocycles. The first-order valence-corrected chi connectivity index (χ1v) is 9.75. The van der Waals surface area contributed by atoms with E-state index >= 15 is 0 Å². The van der Waals surface area contributed by atoms with Crippen LogP contribution in [-0.4, -0.2) is 30.1 Å². The number of hydrogen-bond acceptors (Lipinski definition) is 4. The third-order valence-corrected chi connectivity index (χ3v) is 5.21. The van der Waals surface area contributed by atoms with Crippen molar-refractivity contribution in [3.8, 4) is 17.0 Å². The number of rotatable bonds is 5. The molecule has 0 saturated carbocycles. The van der Waals surface area contributed by atoms with Gasteiger partial charge in [0.15, 0.2) is 0 Å². The average molecular weight is 427 g/mol. The fraction of sp³-hybridized carbons (Fsp3) is 0.217. The van der Waals surface area contributed by atoms with Gasteiger partial charge in [0.2, 0.25) is 5.88 Å². The van der Waals surface area contributed by atoms with Crippen molar-refractivity contribution in [2.75, 3.05) is 18.0 Å². The van der Waals surface area contributed by atoms with Gasteiger partial charge < -0.3 is 15.4 Å². The van der Waals surface area contributed by atoms with Crippen LogP contribution in [0.25, 0.3) is 11.1 Å². The molecule has 5 nitrogen and oxygen atoms in total. The van der Waals surface area contributed by atoms with Crippen molar-refractivity contribution in [1.29, 1.82) is 0 Å². The highest BCUT2D eigenvalue weighted by Gasteiger charge is 2.31. The summed E-state index contributed by atoms with van der Waals surface area (Å²) in [6.45, 7) is 1.07. The first-order chi connectivity index (χ1) is 14.8. The van der Waals surface area contributed by atoms with E-state index in [0.717, 1.165) is 23.4 Å². The lowest BCUT2D eigenvalue weighted by Crippen LogP contribution is -2.27. The number of aromatic nitrogens is 1. The predicted molar refractivity (Wildman–Crippen MR) is 111 cm³/mol. The van der Waals surface area contributed by atoms with Crippen LogP contribution in [-0.2, 0) is 6.18 Å². The Morgan fingerprint density at radius 1 is 1.06 bits per heavy atom. The second kappa shape index (κ2) is 8.29. The molecule has 8 heteroatoms. The topological polar surface area (TPSA) is 68.5 Å². The minimum absolute atomic E-state index is 0.132. The number of carbonyl (C=O) groups is 1. The van der Waals surface area contributed by atoms with Crippen LogP contribution in [0, 0.1) is 0 Å². The number of hydrogen-bond donors (Lipinski definition) is 1. The van der Waals surface area contributed by atoms with Gasteiger partial charge in [-0.1, -0.05) is 36.4 Å². The van der Waals surface area contributed by atoms with E-state index < -0.39 is 17.6 Å². The van der Waals surface area contributed by atoms with E-state index in [1.54, 1.807) is 6.07 Å². The number of nitrogens with two attached hydrogens (primary N) is 1. The van der Waals surface area contributed by atoms with Crippen LogP contribution in [0.4, 0.5) is 18.9 Å². The van der Waals surface area contributed by atoms with Crippen LogP contribution in [0.3, 0.4) is 0 Å². The molecule has 2 N–H and O–H groups in total. The summed E-state index contributed by atoms with van der Waals surface area (Å²) in [5, 5.41) is 0. The highest BCUT2D eigenvalue weighted by Crippen LogP contribution is 2.32.